The van der Waals surface area contributed by atoms with Gasteiger partial charge in [-0.15, -0.1) is 0 Å². The lowest BCUT2D eigenvalue weighted by molar-refractivity contribution is -0.139. The number of carbonyl (C=O) groups is 4. The maximum atomic E-state index is 11.5. The van der Waals surface area contributed by atoms with E-state index in [0.29, 0.717) is 5.76 Å². The molecule has 1 aromatic rings. The first-order valence-corrected chi connectivity index (χ1v) is 7.12. The van der Waals surface area contributed by atoms with E-state index in [1.54, 1.807) is 12.1 Å². The molecule has 9 heteroatoms. The molecule has 0 bridgehead atoms. The normalized spacial score (nSPS) is 14.4. The maximum Gasteiger partial charge on any atom is 0.309 e. The standard InChI is InChI=1S/C12H13N3O5S/c16-9-7-21-12(19)15(9)4-3-13-10(17)11(18)14-6-8-2-1-5-20-8/h1-2,5H,3-4,6-7H2,(H,13,17)(H,14,18). The second-order valence-electron chi connectivity index (χ2n) is 4.12. The van der Waals surface area contributed by atoms with Crippen molar-refractivity contribution in [1.82, 2.24) is 15.5 Å². The zero-order chi connectivity index (χ0) is 15.2. The number of carbonyl (C=O) groups excluding carboxylic acids is 4. The van der Waals surface area contributed by atoms with E-state index in [-0.39, 0.29) is 36.5 Å². The number of nitrogens with one attached hydrogen (secondary N) is 2. The van der Waals surface area contributed by atoms with Gasteiger partial charge in [-0.3, -0.25) is 24.1 Å². The highest BCUT2D eigenvalue weighted by Crippen LogP contribution is 2.17. The molecule has 0 aromatic carbocycles. The second kappa shape index (κ2) is 6.93. The number of nitrogens with zero attached hydrogens (tertiary/aromatic N) is 1. The molecule has 0 saturated carbocycles. The minimum atomic E-state index is -0.826. The Labute approximate surface area is 124 Å². The molecule has 2 rings (SSSR count). The first-order valence-electron chi connectivity index (χ1n) is 6.13. The summed E-state index contributed by atoms with van der Waals surface area (Å²) in [7, 11) is 0. The summed E-state index contributed by atoms with van der Waals surface area (Å²) in [5.41, 5.74) is 0. The zero-order valence-electron chi connectivity index (χ0n) is 11.0. The highest BCUT2D eigenvalue weighted by atomic mass is 32.2. The van der Waals surface area contributed by atoms with Gasteiger partial charge in [-0.05, 0) is 12.1 Å². The molecule has 1 aliphatic heterocycles. The van der Waals surface area contributed by atoms with Crippen LogP contribution in [-0.2, 0) is 20.9 Å². The van der Waals surface area contributed by atoms with Crippen LogP contribution in [-0.4, -0.2) is 46.7 Å². The van der Waals surface area contributed by atoms with Crippen molar-refractivity contribution in [3.05, 3.63) is 24.2 Å². The molecular weight excluding hydrogens is 298 g/mol. The van der Waals surface area contributed by atoms with Crippen molar-refractivity contribution in [2.24, 2.45) is 0 Å². The summed E-state index contributed by atoms with van der Waals surface area (Å²) >= 11 is 0.920. The van der Waals surface area contributed by atoms with Gasteiger partial charge in [0.2, 0.25) is 5.91 Å². The van der Waals surface area contributed by atoms with Gasteiger partial charge >= 0.3 is 11.8 Å². The van der Waals surface area contributed by atoms with Crippen molar-refractivity contribution in [3.63, 3.8) is 0 Å². The summed E-state index contributed by atoms with van der Waals surface area (Å²) in [5, 5.41) is 4.39. The molecule has 4 amide bonds. The van der Waals surface area contributed by atoms with Crippen molar-refractivity contribution < 1.29 is 23.6 Å². The van der Waals surface area contributed by atoms with E-state index in [1.807, 2.05) is 0 Å². The maximum absolute atomic E-state index is 11.5. The fourth-order valence-corrected chi connectivity index (χ4v) is 2.37. The van der Waals surface area contributed by atoms with Gasteiger partial charge in [0.15, 0.2) is 0 Å². The summed E-state index contributed by atoms with van der Waals surface area (Å²) in [6.07, 6.45) is 1.46. The molecule has 1 fully saturated rings. The minimum absolute atomic E-state index is 0.0328. The van der Waals surface area contributed by atoms with Gasteiger partial charge in [0.05, 0.1) is 18.6 Å². The number of furan rings is 1. The number of hydrogen-bond acceptors (Lipinski definition) is 6. The van der Waals surface area contributed by atoms with Gasteiger partial charge in [0.1, 0.15) is 5.76 Å². The summed E-state index contributed by atoms with van der Waals surface area (Å²) in [6, 6.07) is 3.34. The van der Waals surface area contributed by atoms with Crippen molar-refractivity contribution >= 4 is 34.7 Å². The van der Waals surface area contributed by atoms with Crippen LogP contribution in [0.3, 0.4) is 0 Å². The average molecular weight is 311 g/mol. The predicted octanol–water partition coefficient (Wildman–Crippen LogP) is -0.293. The second-order valence-corrected chi connectivity index (χ2v) is 5.04. The SMILES string of the molecule is O=C(NCCN1C(=O)CSC1=O)C(=O)NCc1ccco1. The Morgan fingerprint density at radius 1 is 1.29 bits per heavy atom. The molecule has 1 saturated heterocycles. The van der Waals surface area contributed by atoms with E-state index < -0.39 is 11.8 Å². The summed E-state index contributed by atoms with van der Waals surface area (Å²) < 4.78 is 5.01. The number of rotatable bonds is 5. The van der Waals surface area contributed by atoms with Gasteiger partial charge in [0, 0.05) is 13.1 Å². The molecule has 2 heterocycles. The van der Waals surface area contributed by atoms with Crippen LogP contribution in [0.2, 0.25) is 0 Å². The van der Waals surface area contributed by atoms with E-state index in [0.717, 1.165) is 16.7 Å². The largest absolute Gasteiger partial charge is 0.467 e. The Morgan fingerprint density at radius 3 is 2.67 bits per heavy atom. The van der Waals surface area contributed by atoms with Crippen LogP contribution in [0.1, 0.15) is 5.76 Å². The molecule has 1 aromatic heterocycles. The van der Waals surface area contributed by atoms with Gasteiger partial charge < -0.3 is 15.1 Å². The van der Waals surface area contributed by atoms with Crippen LogP contribution in [0.4, 0.5) is 4.79 Å². The lowest BCUT2D eigenvalue weighted by atomic mass is 10.4. The summed E-state index contributed by atoms with van der Waals surface area (Å²) in [6.45, 7) is 0.200. The summed E-state index contributed by atoms with van der Waals surface area (Å²) in [4.78, 5) is 46.6. The predicted molar refractivity (Wildman–Crippen MR) is 73.1 cm³/mol. The van der Waals surface area contributed by atoms with Crippen LogP contribution >= 0.6 is 11.8 Å². The molecule has 0 atom stereocenters. The smallest absolute Gasteiger partial charge is 0.309 e. The third-order valence-corrected chi connectivity index (χ3v) is 3.53. The quantitative estimate of drug-likeness (QED) is 0.723. The van der Waals surface area contributed by atoms with E-state index in [9.17, 15) is 19.2 Å². The van der Waals surface area contributed by atoms with Gasteiger partial charge in [-0.1, -0.05) is 11.8 Å². The first kappa shape index (κ1) is 15.1. The molecule has 0 unspecified atom stereocenters. The van der Waals surface area contributed by atoms with Crippen LogP contribution < -0.4 is 10.6 Å². The number of hydrogen-bond donors (Lipinski definition) is 2. The average Bonchev–Trinajstić information content (AvgIpc) is 3.09. The van der Waals surface area contributed by atoms with Crippen LogP contribution in [0.15, 0.2) is 22.8 Å². The highest BCUT2D eigenvalue weighted by molar-refractivity contribution is 8.14. The fraction of sp³-hybridized carbons (Fsp3) is 0.333. The summed E-state index contributed by atoms with van der Waals surface area (Å²) in [5.74, 6) is -1.27. The molecule has 21 heavy (non-hydrogen) atoms. The van der Waals surface area contributed by atoms with Crippen LogP contribution in [0.25, 0.3) is 0 Å². The third-order valence-electron chi connectivity index (χ3n) is 2.67. The van der Waals surface area contributed by atoms with Gasteiger partial charge in [-0.2, -0.15) is 0 Å². The first-order chi connectivity index (χ1) is 10.1. The zero-order valence-corrected chi connectivity index (χ0v) is 11.8. The molecule has 2 N–H and O–H groups in total. The lowest BCUT2D eigenvalue weighted by Gasteiger charge is -2.12. The van der Waals surface area contributed by atoms with Crippen molar-refractivity contribution in [2.45, 2.75) is 6.54 Å². The Hall–Kier alpha value is -2.29. The van der Waals surface area contributed by atoms with Crippen molar-refractivity contribution in [1.29, 1.82) is 0 Å². The fourth-order valence-electron chi connectivity index (χ4n) is 1.62. The molecule has 0 spiro atoms. The monoisotopic (exact) mass is 311 g/mol. The molecule has 8 nitrogen and oxygen atoms in total. The van der Waals surface area contributed by atoms with Crippen LogP contribution in [0.5, 0.6) is 0 Å². The van der Waals surface area contributed by atoms with Gasteiger partial charge in [-0.25, -0.2) is 0 Å². The van der Waals surface area contributed by atoms with Crippen LogP contribution in [0, 0.1) is 0 Å². The third kappa shape index (κ3) is 4.09. The Bertz CT molecular complexity index is 541. The minimum Gasteiger partial charge on any atom is -0.467 e. The number of thioether (sulfide) groups is 1. The lowest BCUT2D eigenvalue weighted by Crippen LogP contribution is -2.43. The molecule has 1 aliphatic rings. The topological polar surface area (TPSA) is 109 Å². The van der Waals surface area contributed by atoms with Crippen molar-refractivity contribution in [3.8, 4) is 0 Å². The molecule has 112 valence electrons. The Balaban J connectivity index is 1.68. The number of amides is 4. The highest BCUT2D eigenvalue weighted by Gasteiger charge is 2.29. The van der Waals surface area contributed by atoms with E-state index >= 15 is 0 Å². The van der Waals surface area contributed by atoms with E-state index in [1.165, 1.54) is 6.26 Å². The molecule has 0 aliphatic carbocycles. The van der Waals surface area contributed by atoms with Crippen molar-refractivity contribution in [2.75, 3.05) is 18.8 Å². The molecular formula is C12H13N3O5S. The molecule has 0 radical (unpaired) electrons. The van der Waals surface area contributed by atoms with E-state index in [2.05, 4.69) is 10.6 Å². The Morgan fingerprint density at radius 2 is 2.05 bits per heavy atom. The van der Waals surface area contributed by atoms with Gasteiger partial charge in [0.25, 0.3) is 5.24 Å². The van der Waals surface area contributed by atoms with E-state index in [4.69, 9.17) is 4.42 Å². The number of imide groups is 1. The Kier molecular flexibility index (Phi) is 4.99.